The fourth-order valence-corrected chi connectivity index (χ4v) is 3.34. The predicted octanol–water partition coefficient (Wildman–Crippen LogP) is 3.82. The normalized spacial score (nSPS) is 13.7. The molecule has 0 fully saturated rings. The summed E-state index contributed by atoms with van der Waals surface area (Å²) in [5, 5.41) is 17.2. The quantitative estimate of drug-likeness (QED) is 0.590. The summed E-state index contributed by atoms with van der Waals surface area (Å²) in [5.41, 5.74) is 3.37. The molecular formula is C18H21F3N4O3S. The molecule has 1 unspecified atom stereocenters. The first kappa shape index (κ1) is 22.6. The van der Waals surface area contributed by atoms with Crippen molar-refractivity contribution in [3.63, 3.8) is 0 Å². The molecule has 1 aliphatic heterocycles. The molecule has 29 heavy (non-hydrogen) atoms. The molecule has 4 N–H and O–H groups in total. The molecule has 1 aromatic carbocycles. The van der Waals surface area contributed by atoms with E-state index in [1.54, 1.807) is 11.3 Å². The van der Waals surface area contributed by atoms with Gasteiger partial charge in [0.1, 0.15) is 5.01 Å². The number of carboxylic acid groups (broad SMARTS) is 1. The topological polar surface area (TPSA) is 103 Å². The number of urea groups is 1. The zero-order chi connectivity index (χ0) is 21.6. The van der Waals surface area contributed by atoms with Crippen LogP contribution in [0.25, 0.3) is 0 Å². The van der Waals surface area contributed by atoms with Gasteiger partial charge in [0.25, 0.3) is 0 Å². The summed E-state index contributed by atoms with van der Waals surface area (Å²) in [6.07, 6.45) is -2.23. The molecule has 1 aromatic heterocycles. The van der Waals surface area contributed by atoms with Crippen molar-refractivity contribution in [3.05, 3.63) is 45.4 Å². The molecule has 158 valence electrons. The number of nitrogens with one attached hydrogen (secondary N) is 3. The maximum absolute atomic E-state index is 12.1. The second-order valence-corrected chi connectivity index (χ2v) is 7.38. The SMILES string of the molecule is CCc1cnc(C(C)NC(=O)Nc2ccc3c(c2)CNC3)s1.O=C(O)C(F)(F)F. The van der Waals surface area contributed by atoms with Gasteiger partial charge < -0.3 is 21.1 Å². The van der Waals surface area contributed by atoms with Gasteiger partial charge in [-0.2, -0.15) is 13.2 Å². The van der Waals surface area contributed by atoms with Crippen molar-refractivity contribution in [3.8, 4) is 0 Å². The number of carbonyl (C=O) groups excluding carboxylic acids is 1. The van der Waals surface area contributed by atoms with Crippen LogP contribution in [0.1, 0.15) is 40.9 Å². The van der Waals surface area contributed by atoms with Crippen LogP contribution in [0.5, 0.6) is 0 Å². The van der Waals surface area contributed by atoms with Gasteiger partial charge in [-0.25, -0.2) is 14.6 Å². The number of benzene rings is 1. The van der Waals surface area contributed by atoms with E-state index in [2.05, 4.69) is 33.9 Å². The number of carbonyl (C=O) groups is 2. The predicted molar refractivity (Wildman–Crippen MR) is 103 cm³/mol. The first-order chi connectivity index (χ1) is 13.6. The molecule has 1 atom stereocenters. The minimum Gasteiger partial charge on any atom is -0.475 e. The molecular weight excluding hydrogens is 409 g/mol. The van der Waals surface area contributed by atoms with Crippen molar-refractivity contribution in [1.29, 1.82) is 0 Å². The third-order valence-electron chi connectivity index (χ3n) is 3.98. The Hall–Kier alpha value is -2.66. The maximum atomic E-state index is 12.1. The summed E-state index contributed by atoms with van der Waals surface area (Å²) in [4.78, 5) is 26.6. The molecule has 0 spiro atoms. The summed E-state index contributed by atoms with van der Waals surface area (Å²) in [5.74, 6) is -2.76. The summed E-state index contributed by atoms with van der Waals surface area (Å²) in [6, 6.07) is 5.73. The fourth-order valence-electron chi connectivity index (χ4n) is 2.48. The van der Waals surface area contributed by atoms with Crippen LogP contribution in [0.15, 0.2) is 24.4 Å². The highest BCUT2D eigenvalue weighted by atomic mass is 32.1. The lowest BCUT2D eigenvalue weighted by molar-refractivity contribution is -0.192. The number of alkyl halides is 3. The van der Waals surface area contributed by atoms with Crippen molar-refractivity contribution in [2.24, 2.45) is 0 Å². The summed E-state index contributed by atoms with van der Waals surface area (Å²) in [7, 11) is 0. The van der Waals surface area contributed by atoms with Crippen LogP contribution in [0.2, 0.25) is 0 Å². The van der Waals surface area contributed by atoms with E-state index in [9.17, 15) is 18.0 Å². The average molecular weight is 430 g/mol. The largest absolute Gasteiger partial charge is 0.490 e. The highest BCUT2D eigenvalue weighted by molar-refractivity contribution is 7.11. The smallest absolute Gasteiger partial charge is 0.475 e. The highest BCUT2D eigenvalue weighted by Gasteiger charge is 2.38. The molecule has 1 aliphatic rings. The van der Waals surface area contributed by atoms with E-state index in [0.29, 0.717) is 0 Å². The Morgan fingerprint density at radius 3 is 2.55 bits per heavy atom. The average Bonchev–Trinajstić information content (AvgIpc) is 3.30. The second-order valence-electron chi connectivity index (χ2n) is 6.23. The Morgan fingerprint density at radius 1 is 1.31 bits per heavy atom. The van der Waals surface area contributed by atoms with Gasteiger partial charge in [-0.1, -0.05) is 13.0 Å². The van der Waals surface area contributed by atoms with Crippen LogP contribution in [0.3, 0.4) is 0 Å². The van der Waals surface area contributed by atoms with E-state index in [0.717, 1.165) is 30.2 Å². The molecule has 0 saturated heterocycles. The minimum atomic E-state index is -5.08. The number of carboxylic acids is 1. The lowest BCUT2D eigenvalue weighted by Gasteiger charge is -2.13. The summed E-state index contributed by atoms with van der Waals surface area (Å²) < 4.78 is 31.7. The van der Waals surface area contributed by atoms with E-state index < -0.39 is 12.1 Å². The number of hydrogen-bond donors (Lipinski definition) is 4. The minimum absolute atomic E-state index is 0.0959. The molecule has 0 aliphatic carbocycles. The second kappa shape index (κ2) is 9.70. The number of aromatic nitrogens is 1. The standard InChI is InChI=1S/C16H20N4OS.C2HF3O2/c1-3-14-9-18-15(22-14)10(2)19-16(21)20-13-5-4-11-7-17-8-12(11)6-13;3-2(4,5)1(6)7/h4-6,9-10,17H,3,7-8H2,1-2H3,(H2,19,20,21);(H,6,7). The molecule has 11 heteroatoms. The molecule has 0 radical (unpaired) electrons. The zero-order valence-electron chi connectivity index (χ0n) is 15.8. The Labute approximate surface area is 169 Å². The van der Waals surface area contributed by atoms with Gasteiger partial charge in [0.05, 0.1) is 6.04 Å². The molecule has 3 rings (SSSR count). The number of nitrogens with zero attached hydrogens (tertiary/aromatic N) is 1. The van der Waals surface area contributed by atoms with Crippen LogP contribution >= 0.6 is 11.3 Å². The number of halogens is 3. The van der Waals surface area contributed by atoms with Crippen molar-refractivity contribution >= 4 is 29.0 Å². The third kappa shape index (κ3) is 6.71. The number of fused-ring (bicyclic) bond motifs is 1. The summed E-state index contributed by atoms with van der Waals surface area (Å²) in [6.45, 7) is 5.82. The van der Waals surface area contributed by atoms with Gasteiger partial charge in [-0.3, -0.25) is 0 Å². The van der Waals surface area contributed by atoms with Crippen LogP contribution in [0.4, 0.5) is 23.7 Å². The highest BCUT2D eigenvalue weighted by Crippen LogP contribution is 2.22. The lowest BCUT2D eigenvalue weighted by Crippen LogP contribution is -2.31. The van der Waals surface area contributed by atoms with Crippen LogP contribution in [0, 0.1) is 0 Å². The van der Waals surface area contributed by atoms with Gasteiger partial charge >= 0.3 is 18.2 Å². The lowest BCUT2D eigenvalue weighted by atomic mass is 10.1. The number of thiazole rings is 1. The van der Waals surface area contributed by atoms with Crippen molar-refractivity contribution in [2.45, 2.75) is 45.6 Å². The van der Waals surface area contributed by atoms with Crippen molar-refractivity contribution in [2.75, 3.05) is 5.32 Å². The molecule has 0 saturated carbocycles. The van der Waals surface area contributed by atoms with Gasteiger partial charge in [0.2, 0.25) is 0 Å². The number of aliphatic carboxylic acids is 1. The van der Waals surface area contributed by atoms with E-state index in [1.165, 1.54) is 16.0 Å². The van der Waals surface area contributed by atoms with Crippen LogP contribution in [-0.4, -0.2) is 28.3 Å². The molecule has 2 aromatic rings. The molecule has 2 heterocycles. The number of anilines is 1. The first-order valence-corrected chi connectivity index (χ1v) is 9.56. The Morgan fingerprint density at radius 2 is 1.97 bits per heavy atom. The fraction of sp³-hybridized carbons (Fsp3) is 0.389. The number of hydrogen-bond acceptors (Lipinski definition) is 5. The number of amides is 2. The first-order valence-electron chi connectivity index (χ1n) is 8.75. The monoisotopic (exact) mass is 430 g/mol. The van der Waals surface area contributed by atoms with Gasteiger partial charge in [0, 0.05) is 29.9 Å². The van der Waals surface area contributed by atoms with Crippen molar-refractivity contribution < 1.29 is 27.9 Å². The Bertz CT molecular complexity index is 870. The maximum Gasteiger partial charge on any atom is 0.490 e. The third-order valence-corrected chi connectivity index (χ3v) is 5.30. The summed E-state index contributed by atoms with van der Waals surface area (Å²) >= 11 is 1.64. The molecule has 7 nitrogen and oxygen atoms in total. The van der Waals surface area contributed by atoms with Gasteiger partial charge in [-0.05, 0) is 36.6 Å². The molecule has 2 amide bonds. The van der Waals surface area contributed by atoms with Crippen LogP contribution < -0.4 is 16.0 Å². The zero-order valence-corrected chi connectivity index (χ0v) is 16.6. The van der Waals surface area contributed by atoms with E-state index in [4.69, 9.17) is 9.90 Å². The van der Waals surface area contributed by atoms with Crippen molar-refractivity contribution in [1.82, 2.24) is 15.6 Å². The Kier molecular flexibility index (Phi) is 7.57. The Balaban J connectivity index is 0.000000370. The van der Waals surface area contributed by atoms with E-state index >= 15 is 0 Å². The number of rotatable bonds is 4. The van der Waals surface area contributed by atoms with E-state index in [-0.39, 0.29) is 12.1 Å². The van der Waals surface area contributed by atoms with E-state index in [1.807, 2.05) is 25.3 Å². The van der Waals surface area contributed by atoms with Gasteiger partial charge in [-0.15, -0.1) is 11.3 Å². The van der Waals surface area contributed by atoms with Crippen LogP contribution in [-0.2, 0) is 24.3 Å². The molecule has 0 bridgehead atoms. The van der Waals surface area contributed by atoms with Gasteiger partial charge in [0.15, 0.2) is 0 Å². The number of aryl methyl sites for hydroxylation is 1.